The quantitative estimate of drug-likeness (QED) is 0.657. The Morgan fingerprint density at radius 1 is 1.38 bits per heavy atom. The topological polar surface area (TPSA) is 17.3 Å². The zero-order chi connectivity index (χ0) is 9.68. The molecule has 0 N–H and O–H groups in total. The summed E-state index contributed by atoms with van der Waals surface area (Å²) in [7, 11) is 1.80. The third-order valence-electron chi connectivity index (χ3n) is 1.73. The van der Waals surface area contributed by atoms with Crippen molar-refractivity contribution >= 4 is 6.20 Å². The minimum absolute atomic E-state index is 0.567. The van der Waals surface area contributed by atoms with E-state index >= 15 is 0 Å². The van der Waals surface area contributed by atoms with Gasteiger partial charge in [-0.1, -0.05) is 26.0 Å². The van der Waals surface area contributed by atoms with Gasteiger partial charge in [-0.25, -0.2) is 0 Å². The molecule has 0 amide bonds. The second-order valence-corrected chi connectivity index (χ2v) is 3.28. The summed E-state index contributed by atoms with van der Waals surface area (Å²) in [4.78, 5) is 4.16. The molecule has 2 nitrogen and oxygen atoms in total. The molecule has 0 saturated carbocycles. The van der Waals surface area contributed by atoms with Crippen molar-refractivity contribution < 1.29 is 0 Å². The van der Waals surface area contributed by atoms with Gasteiger partial charge in [0.1, 0.15) is 5.49 Å². The van der Waals surface area contributed by atoms with Gasteiger partial charge in [0, 0.05) is 19.4 Å². The van der Waals surface area contributed by atoms with Crippen LogP contribution in [0.1, 0.15) is 13.8 Å². The lowest BCUT2D eigenvalue weighted by atomic mass is 10.2. The van der Waals surface area contributed by atoms with Crippen molar-refractivity contribution in [1.29, 1.82) is 0 Å². The maximum atomic E-state index is 4.16. The molecule has 0 aliphatic heterocycles. The molecule has 0 aliphatic rings. The first-order valence-corrected chi connectivity index (χ1v) is 4.52. The number of allylic oxidation sites excluding steroid dienone is 1. The molecule has 0 saturated heterocycles. The molecule has 1 aromatic rings. The third-order valence-corrected chi connectivity index (χ3v) is 1.73. The van der Waals surface area contributed by atoms with Crippen molar-refractivity contribution in [1.82, 2.24) is 4.57 Å². The van der Waals surface area contributed by atoms with Gasteiger partial charge in [-0.05, 0) is 18.1 Å². The number of hydrogen-bond acceptors (Lipinski definition) is 1. The van der Waals surface area contributed by atoms with E-state index in [-0.39, 0.29) is 0 Å². The maximum absolute atomic E-state index is 4.16. The Hall–Kier alpha value is -1.31. The van der Waals surface area contributed by atoms with Gasteiger partial charge in [0.05, 0.1) is 0 Å². The largest absolute Gasteiger partial charge is 0.309 e. The van der Waals surface area contributed by atoms with Crippen LogP contribution in [0, 0.1) is 5.92 Å². The Labute approximate surface area is 79.3 Å². The normalized spacial score (nSPS) is 13.1. The highest BCUT2D eigenvalue weighted by Gasteiger charge is 1.86. The molecule has 1 aromatic heterocycles. The van der Waals surface area contributed by atoms with Crippen molar-refractivity contribution in [2.45, 2.75) is 13.8 Å². The van der Waals surface area contributed by atoms with Gasteiger partial charge in [-0.2, -0.15) is 0 Å². The Morgan fingerprint density at radius 2 is 2.15 bits per heavy atom. The molecule has 0 aromatic carbocycles. The predicted molar refractivity (Wildman–Crippen MR) is 56.1 cm³/mol. The van der Waals surface area contributed by atoms with Crippen LogP contribution < -0.4 is 5.49 Å². The Bertz CT molecular complexity index is 345. The molecule has 0 bridgehead atoms. The lowest BCUT2D eigenvalue weighted by molar-refractivity contribution is 0.828. The van der Waals surface area contributed by atoms with Crippen LogP contribution in [0.25, 0.3) is 6.20 Å². The number of nitrogens with zero attached hydrogens (tertiary/aromatic N) is 2. The van der Waals surface area contributed by atoms with E-state index in [1.165, 1.54) is 0 Å². The van der Waals surface area contributed by atoms with Crippen LogP contribution in [0.15, 0.2) is 35.5 Å². The lowest BCUT2D eigenvalue weighted by Gasteiger charge is -2.00. The summed E-state index contributed by atoms with van der Waals surface area (Å²) in [5, 5.41) is 0. The monoisotopic (exact) mass is 176 g/mol. The van der Waals surface area contributed by atoms with E-state index < -0.39 is 0 Å². The highest BCUT2D eigenvalue weighted by atomic mass is 15.0. The second kappa shape index (κ2) is 4.65. The molecule has 0 fully saturated rings. The van der Waals surface area contributed by atoms with E-state index in [2.05, 4.69) is 24.9 Å². The van der Waals surface area contributed by atoms with Crippen molar-refractivity contribution in [3.05, 3.63) is 36.0 Å². The summed E-state index contributed by atoms with van der Waals surface area (Å²) in [5.41, 5.74) is 0.972. The van der Waals surface area contributed by atoms with Crippen LogP contribution in [0.5, 0.6) is 0 Å². The molecule has 1 heterocycles. The van der Waals surface area contributed by atoms with E-state index in [1.807, 2.05) is 35.2 Å². The van der Waals surface area contributed by atoms with Crippen LogP contribution in [0.4, 0.5) is 0 Å². The van der Waals surface area contributed by atoms with Gasteiger partial charge in [0.25, 0.3) is 0 Å². The third kappa shape index (κ3) is 2.90. The fourth-order valence-electron chi connectivity index (χ4n) is 1.03. The summed E-state index contributed by atoms with van der Waals surface area (Å²) < 4.78 is 2.01. The zero-order valence-electron chi connectivity index (χ0n) is 8.44. The molecule has 0 unspecified atom stereocenters. The molecule has 0 spiro atoms. The average Bonchev–Trinajstić information content (AvgIpc) is 2.15. The standard InChI is InChI=1S/C11H16N2/c1-10(2)7-9-13-8-5-4-6-11(13)12-3/h4-10H,1-3H3/b9-7+,12-11?. The van der Waals surface area contributed by atoms with Gasteiger partial charge in [0.15, 0.2) is 0 Å². The van der Waals surface area contributed by atoms with Crippen LogP contribution in [-0.2, 0) is 0 Å². The number of pyridine rings is 1. The van der Waals surface area contributed by atoms with Crippen LogP contribution in [0.2, 0.25) is 0 Å². The molecule has 13 heavy (non-hydrogen) atoms. The molecular formula is C11H16N2. The van der Waals surface area contributed by atoms with Gasteiger partial charge in [0.2, 0.25) is 0 Å². The van der Waals surface area contributed by atoms with Crippen LogP contribution >= 0.6 is 0 Å². The Balaban J connectivity index is 3.01. The van der Waals surface area contributed by atoms with Gasteiger partial charge < -0.3 is 4.57 Å². The molecule has 2 heteroatoms. The smallest absolute Gasteiger partial charge is 0.131 e. The minimum atomic E-state index is 0.567. The number of aromatic nitrogens is 1. The number of rotatable bonds is 2. The summed E-state index contributed by atoms with van der Waals surface area (Å²) in [6, 6.07) is 5.98. The molecule has 0 radical (unpaired) electrons. The molecule has 1 rings (SSSR count). The highest BCUT2D eigenvalue weighted by Crippen LogP contribution is 1.94. The summed E-state index contributed by atoms with van der Waals surface area (Å²) in [6.45, 7) is 4.31. The summed E-state index contributed by atoms with van der Waals surface area (Å²) in [5.74, 6) is 0.567. The number of hydrogen-bond donors (Lipinski definition) is 0. The van der Waals surface area contributed by atoms with E-state index in [0.717, 1.165) is 5.49 Å². The summed E-state index contributed by atoms with van der Waals surface area (Å²) >= 11 is 0. The van der Waals surface area contributed by atoms with Crippen molar-refractivity contribution in [3.8, 4) is 0 Å². The van der Waals surface area contributed by atoms with Gasteiger partial charge in [-0.15, -0.1) is 0 Å². The van der Waals surface area contributed by atoms with Crippen molar-refractivity contribution in [3.63, 3.8) is 0 Å². The SMILES string of the molecule is CN=c1ccccn1/C=C/C(C)C. The zero-order valence-corrected chi connectivity index (χ0v) is 8.44. The highest BCUT2D eigenvalue weighted by molar-refractivity contribution is 5.22. The maximum Gasteiger partial charge on any atom is 0.131 e. The van der Waals surface area contributed by atoms with E-state index in [9.17, 15) is 0 Å². The fraction of sp³-hybridized carbons (Fsp3) is 0.364. The first kappa shape index (κ1) is 9.78. The van der Waals surface area contributed by atoms with Gasteiger partial charge >= 0.3 is 0 Å². The van der Waals surface area contributed by atoms with E-state index in [4.69, 9.17) is 0 Å². The fourth-order valence-corrected chi connectivity index (χ4v) is 1.03. The van der Waals surface area contributed by atoms with E-state index in [0.29, 0.717) is 5.92 Å². The van der Waals surface area contributed by atoms with Gasteiger partial charge in [-0.3, -0.25) is 4.99 Å². The van der Waals surface area contributed by atoms with Crippen molar-refractivity contribution in [2.75, 3.05) is 7.05 Å². The minimum Gasteiger partial charge on any atom is -0.309 e. The molecule has 0 aliphatic carbocycles. The lowest BCUT2D eigenvalue weighted by Crippen LogP contribution is -2.14. The average molecular weight is 176 g/mol. The molecular weight excluding hydrogens is 160 g/mol. The van der Waals surface area contributed by atoms with Crippen molar-refractivity contribution in [2.24, 2.45) is 10.9 Å². The van der Waals surface area contributed by atoms with E-state index in [1.54, 1.807) is 7.05 Å². The second-order valence-electron chi connectivity index (χ2n) is 3.28. The van der Waals surface area contributed by atoms with Crippen LogP contribution in [0.3, 0.4) is 0 Å². The Morgan fingerprint density at radius 3 is 2.77 bits per heavy atom. The summed E-state index contributed by atoms with van der Waals surface area (Å²) in [6.07, 6.45) is 6.20. The molecule has 70 valence electrons. The molecule has 0 atom stereocenters. The van der Waals surface area contributed by atoms with Crippen LogP contribution in [-0.4, -0.2) is 11.6 Å². The predicted octanol–water partition coefficient (Wildman–Crippen LogP) is 2.15. The first-order valence-electron chi connectivity index (χ1n) is 4.52. The Kier molecular flexibility index (Phi) is 3.50. The first-order chi connectivity index (χ1) is 6.24.